The molecule has 4 heteroatoms. The minimum atomic E-state index is -0.995. The quantitative estimate of drug-likeness (QED) is 0.809. The fraction of sp³-hybridized carbons (Fsp3) is 0.765. The lowest BCUT2D eigenvalue weighted by Gasteiger charge is -2.35. The molecule has 0 radical (unpaired) electrons. The van der Waals surface area contributed by atoms with E-state index in [2.05, 4.69) is 26.8 Å². The lowest BCUT2D eigenvalue weighted by atomic mass is 9.76. The Hall–Kier alpha value is -1.32. The third-order valence-electron chi connectivity index (χ3n) is 4.81. The van der Waals surface area contributed by atoms with Crippen molar-refractivity contribution in [3.8, 4) is 0 Å². The van der Waals surface area contributed by atoms with Crippen LogP contribution < -0.4 is 0 Å². The average molecular weight is 295 g/mol. The summed E-state index contributed by atoms with van der Waals surface area (Å²) in [6.07, 6.45) is 3.06. The normalized spacial score (nSPS) is 19.2. The molecule has 1 N–H and O–H groups in total. The molecule has 1 unspecified atom stereocenters. The summed E-state index contributed by atoms with van der Waals surface area (Å²) < 4.78 is 0. The highest BCUT2D eigenvalue weighted by Crippen LogP contribution is 2.34. The van der Waals surface area contributed by atoms with Gasteiger partial charge in [-0.25, -0.2) is 0 Å². The Morgan fingerprint density at radius 2 is 1.86 bits per heavy atom. The highest BCUT2D eigenvalue weighted by Gasteiger charge is 2.40. The van der Waals surface area contributed by atoms with E-state index in [1.165, 1.54) is 5.57 Å². The van der Waals surface area contributed by atoms with Crippen LogP contribution in [0.4, 0.5) is 0 Å². The smallest absolute Gasteiger partial charge is 0.310 e. The Balaban J connectivity index is 2.75. The first-order valence-electron chi connectivity index (χ1n) is 7.69. The maximum absolute atomic E-state index is 12.4. The van der Waals surface area contributed by atoms with Crippen molar-refractivity contribution in [2.75, 3.05) is 13.1 Å². The molecular formula is C17H29NO3. The molecule has 0 saturated heterocycles. The summed E-state index contributed by atoms with van der Waals surface area (Å²) in [5, 5.41) is 9.42. The molecular weight excluding hydrogens is 266 g/mol. The number of carboxylic acids is 1. The molecule has 1 heterocycles. The zero-order valence-corrected chi connectivity index (χ0v) is 14.2. The van der Waals surface area contributed by atoms with Gasteiger partial charge in [0.1, 0.15) is 0 Å². The van der Waals surface area contributed by atoms with Crippen LogP contribution in [0, 0.1) is 16.7 Å². The number of carbonyl (C=O) groups is 2. The number of rotatable bonds is 4. The van der Waals surface area contributed by atoms with Gasteiger partial charge in [-0.3, -0.25) is 9.59 Å². The lowest BCUT2D eigenvalue weighted by Crippen LogP contribution is -2.43. The average Bonchev–Trinajstić information content (AvgIpc) is 2.37. The molecule has 1 aliphatic heterocycles. The Labute approximate surface area is 128 Å². The second-order valence-electron chi connectivity index (χ2n) is 7.62. The van der Waals surface area contributed by atoms with Crippen molar-refractivity contribution in [3.05, 3.63) is 11.6 Å². The summed E-state index contributed by atoms with van der Waals surface area (Å²) in [4.78, 5) is 25.7. The Morgan fingerprint density at radius 1 is 1.29 bits per heavy atom. The molecule has 0 aromatic carbocycles. The minimum Gasteiger partial charge on any atom is -0.481 e. The maximum atomic E-state index is 12.4. The van der Waals surface area contributed by atoms with E-state index in [9.17, 15) is 14.7 Å². The van der Waals surface area contributed by atoms with Crippen molar-refractivity contribution >= 4 is 11.9 Å². The zero-order valence-electron chi connectivity index (χ0n) is 14.2. The van der Waals surface area contributed by atoms with Crippen LogP contribution in [0.5, 0.6) is 0 Å². The molecule has 0 bridgehead atoms. The number of hydrogen-bond donors (Lipinski definition) is 1. The van der Waals surface area contributed by atoms with Crippen LogP contribution in [0.1, 0.15) is 54.4 Å². The van der Waals surface area contributed by atoms with Crippen LogP contribution in [-0.2, 0) is 9.59 Å². The van der Waals surface area contributed by atoms with Gasteiger partial charge in [-0.15, -0.1) is 0 Å². The Bertz CT molecular complexity index is 445. The van der Waals surface area contributed by atoms with Gasteiger partial charge in [0.25, 0.3) is 0 Å². The molecule has 1 amide bonds. The van der Waals surface area contributed by atoms with Crippen LogP contribution in [0.2, 0.25) is 0 Å². The molecule has 1 atom stereocenters. The SMILES string of the molecule is CC(C)C(C)(CC(=O)N1CC=C(C(C)(C)C)CC1)C(=O)O. The summed E-state index contributed by atoms with van der Waals surface area (Å²) in [6, 6.07) is 0. The largest absolute Gasteiger partial charge is 0.481 e. The summed E-state index contributed by atoms with van der Waals surface area (Å²) >= 11 is 0. The first-order valence-corrected chi connectivity index (χ1v) is 7.69. The summed E-state index contributed by atoms with van der Waals surface area (Å²) in [7, 11) is 0. The lowest BCUT2D eigenvalue weighted by molar-refractivity contribution is -0.155. The monoisotopic (exact) mass is 295 g/mol. The third kappa shape index (κ3) is 4.08. The van der Waals surface area contributed by atoms with E-state index in [-0.39, 0.29) is 23.7 Å². The maximum Gasteiger partial charge on any atom is 0.310 e. The van der Waals surface area contributed by atoms with Gasteiger partial charge in [0.15, 0.2) is 0 Å². The number of nitrogens with zero attached hydrogens (tertiary/aromatic N) is 1. The Morgan fingerprint density at radius 3 is 2.19 bits per heavy atom. The molecule has 1 rings (SSSR count). The molecule has 0 aromatic rings. The van der Waals surface area contributed by atoms with Gasteiger partial charge >= 0.3 is 5.97 Å². The van der Waals surface area contributed by atoms with Crippen LogP contribution in [0.15, 0.2) is 11.6 Å². The number of carboxylic acid groups (broad SMARTS) is 1. The van der Waals surface area contributed by atoms with Crippen molar-refractivity contribution < 1.29 is 14.7 Å². The Kier molecular flexibility index (Phi) is 5.24. The molecule has 21 heavy (non-hydrogen) atoms. The van der Waals surface area contributed by atoms with Gasteiger partial charge in [-0.05, 0) is 24.7 Å². The van der Waals surface area contributed by atoms with Crippen LogP contribution in [0.25, 0.3) is 0 Å². The molecule has 1 aliphatic rings. The molecule has 0 saturated carbocycles. The van der Waals surface area contributed by atoms with Crippen molar-refractivity contribution in [3.63, 3.8) is 0 Å². The molecule has 0 spiro atoms. The molecule has 0 fully saturated rings. The van der Waals surface area contributed by atoms with Crippen molar-refractivity contribution in [1.29, 1.82) is 0 Å². The minimum absolute atomic E-state index is 0.0576. The molecule has 4 nitrogen and oxygen atoms in total. The summed E-state index contributed by atoms with van der Waals surface area (Å²) in [5.41, 5.74) is 0.518. The number of amides is 1. The molecule has 0 aliphatic carbocycles. The first kappa shape index (κ1) is 17.7. The van der Waals surface area contributed by atoms with E-state index in [0.29, 0.717) is 13.1 Å². The van der Waals surface area contributed by atoms with E-state index in [1.54, 1.807) is 11.8 Å². The van der Waals surface area contributed by atoms with Gasteiger partial charge in [0.05, 0.1) is 5.41 Å². The van der Waals surface area contributed by atoms with Crippen molar-refractivity contribution in [1.82, 2.24) is 4.90 Å². The second-order valence-corrected chi connectivity index (χ2v) is 7.62. The van der Waals surface area contributed by atoms with Gasteiger partial charge in [0, 0.05) is 19.5 Å². The topological polar surface area (TPSA) is 57.6 Å². The van der Waals surface area contributed by atoms with Crippen LogP contribution in [0.3, 0.4) is 0 Å². The first-order chi connectivity index (χ1) is 9.48. The third-order valence-corrected chi connectivity index (χ3v) is 4.81. The van der Waals surface area contributed by atoms with Gasteiger partial charge < -0.3 is 10.0 Å². The molecule has 120 valence electrons. The van der Waals surface area contributed by atoms with E-state index >= 15 is 0 Å². The van der Waals surface area contributed by atoms with Gasteiger partial charge in [-0.2, -0.15) is 0 Å². The van der Waals surface area contributed by atoms with E-state index in [4.69, 9.17) is 0 Å². The van der Waals surface area contributed by atoms with Crippen LogP contribution >= 0.6 is 0 Å². The van der Waals surface area contributed by atoms with Gasteiger partial charge in [0.2, 0.25) is 5.91 Å². The van der Waals surface area contributed by atoms with Crippen molar-refractivity contribution in [2.45, 2.75) is 54.4 Å². The van der Waals surface area contributed by atoms with Gasteiger partial charge in [-0.1, -0.05) is 46.3 Å². The molecule has 0 aromatic heterocycles. The fourth-order valence-electron chi connectivity index (χ4n) is 2.53. The van der Waals surface area contributed by atoms with E-state index < -0.39 is 11.4 Å². The second kappa shape index (κ2) is 6.20. The standard InChI is InChI=1S/C17H29NO3/c1-12(2)17(6,15(20)21)11-14(19)18-9-7-13(8-10-18)16(3,4)5/h7,12H,8-11H2,1-6H3,(H,20,21). The fourth-order valence-corrected chi connectivity index (χ4v) is 2.53. The van der Waals surface area contributed by atoms with Crippen molar-refractivity contribution in [2.24, 2.45) is 16.7 Å². The van der Waals surface area contributed by atoms with E-state index in [1.807, 2.05) is 13.8 Å². The summed E-state index contributed by atoms with van der Waals surface area (Å²) in [5.74, 6) is -1.03. The van der Waals surface area contributed by atoms with Crippen LogP contribution in [-0.4, -0.2) is 35.0 Å². The predicted molar refractivity (Wildman–Crippen MR) is 83.9 cm³/mol. The highest BCUT2D eigenvalue weighted by atomic mass is 16.4. The number of hydrogen-bond acceptors (Lipinski definition) is 2. The predicted octanol–water partition coefficient (Wildman–Crippen LogP) is 3.33. The number of carbonyl (C=O) groups excluding carboxylic acids is 1. The number of aliphatic carboxylic acids is 1. The van der Waals surface area contributed by atoms with E-state index in [0.717, 1.165) is 6.42 Å². The zero-order chi connectivity index (χ0) is 16.4. The summed E-state index contributed by atoms with van der Waals surface area (Å²) in [6.45, 7) is 13.2. The highest BCUT2D eigenvalue weighted by molar-refractivity contribution is 5.85.